The lowest BCUT2D eigenvalue weighted by molar-refractivity contribution is 0.176. The minimum absolute atomic E-state index is 0.487. The zero-order valence-corrected chi connectivity index (χ0v) is 10.2. The zero-order chi connectivity index (χ0) is 12.8. The number of fused-ring (bicyclic) bond motifs is 4. The van der Waals surface area contributed by atoms with Crippen LogP contribution in [-0.4, -0.2) is 15.1 Å². The van der Waals surface area contributed by atoms with Gasteiger partial charge in [-0.2, -0.15) is 0 Å². The minimum Gasteiger partial charge on any atom is -0.388 e. The second kappa shape index (κ2) is 3.87. The molecule has 0 amide bonds. The lowest BCUT2D eigenvalue weighted by atomic mass is 9.89. The van der Waals surface area contributed by atoms with Gasteiger partial charge >= 0.3 is 0 Å². The van der Waals surface area contributed by atoms with Gasteiger partial charge in [0.15, 0.2) is 0 Å². The molecule has 1 aliphatic rings. The van der Waals surface area contributed by atoms with Gasteiger partial charge in [0.25, 0.3) is 0 Å². The molecular weight excluding hydrogens is 236 g/mol. The minimum atomic E-state index is -0.487. The summed E-state index contributed by atoms with van der Waals surface area (Å²) in [5.74, 6) is 0. The molecule has 3 aromatic rings. The van der Waals surface area contributed by atoms with Crippen molar-refractivity contribution in [2.24, 2.45) is 0 Å². The van der Waals surface area contributed by atoms with Crippen LogP contribution in [0.1, 0.15) is 17.4 Å². The van der Waals surface area contributed by atoms with Gasteiger partial charge < -0.3 is 5.11 Å². The van der Waals surface area contributed by atoms with Gasteiger partial charge in [-0.15, -0.1) is 0 Å². The quantitative estimate of drug-likeness (QED) is 0.665. The Bertz CT molecular complexity index is 783. The number of aromatic nitrogens is 2. The number of aliphatic hydroxyl groups excluding tert-OH is 1. The second-order valence-corrected chi connectivity index (χ2v) is 4.81. The number of rotatable bonds is 0. The van der Waals surface area contributed by atoms with Crippen molar-refractivity contribution in [3.05, 3.63) is 59.8 Å². The molecule has 0 fully saturated rings. The summed E-state index contributed by atoms with van der Waals surface area (Å²) < 4.78 is 0. The highest BCUT2D eigenvalue weighted by molar-refractivity contribution is 5.80. The van der Waals surface area contributed by atoms with E-state index >= 15 is 0 Å². The van der Waals surface area contributed by atoms with E-state index in [9.17, 15) is 5.11 Å². The van der Waals surface area contributed by atoms with E-state index in [4.69, 9.17) is 4.98 Å². The lowest BCUT2D eigenvalue weighted by Gasteiger charge is -2.22. The number of benzene rings is 2. The van der Waals surface area contributed by atoms with Crippen molar-refractivity contribution >= 4 is 11.0 Å². The molecule has 0 aliphatic heterocycles. The Morgan fingerprint density at radius 2 is 1.58 bits per heavy atom. The second-order valence-electron chi connectivity index (χ2n) is 4.81. The van der Waals surface area contributed by atoms with Crippen molar-refractivity contribution in [3.8, 4) is 11.3 Å². The van der Waals surface area contributed by atoms with Crippen molar-refractivity contribution in [1.29, 1.82) is 0 Å². The third-order valence-electron chi connectivity index (χ3n) is 3.60. The van der Waals surface area contributed by atoms with Crippen LogP contribution in [-0.2, 0) is 6.42 Å². The molecule has 19 heavy (non-hydrogen) atoms. The number of para-hydroxylation sites is 2. The molecule has 4 rings (SSSR count). The number of aliphatic hydroxyl groups is 1. The maximum Gasteiger partial charge on any atom is 0.0930 e. The molecule has 0 bridgehead atoms. The average molecular weight is 248 g/mol. The van der Waals surface area contributed by atoms with Crippen LogP contribution in [0.3, 0.4) is 0 Å². The highest BCUT2D eigenvalue weighted by atomic mass is 16.3. The molecule has 1 atom stereocenters. The SMILES string of the molecule is OC1Cc2nc3ccccc3nc2-c2ccccc21. The summed E-state index contributed by atoms with van der Waals surface area (Å²) in [6.45, 7) is 0. The van der Waals surface area contributed by atoms with Crippen molar-refractivity contribution in [2.75, 3.05) is 0 Å². The van der Waals surface area contributed by atoms with E-state index in [0.29, 0.717) is 6.42 Å². The molecule has 3 heteroatoms. The summed E-state index contributed by atoms with van der Waals surface area (Å²) in [7, 11) is 0. The third kappa shape index (κ3) is 1.55. The topological polar surface area (TPSA) is 46.0 Å². The number of hydrogen-bond acceptors (Lipinski definition) is 3. The third-order valence-corrected chi connectivity index (χ3v) is 3.60. The Labute approximate surface area is 110 Å². The first-order valence-electron chi connectivity index (χ1n) is 6.36. The maximum absolute atomic E-state index is 10.2. The predicted molar refractivity (Wildman–Crippen MR) is 73.6 cm³/mol. The van der Waals surface area contributed by atoms with Gasteiger partial charge in [-0.25, -0.2) is 9.97 Å². The molecule has 0 saturated heterocycles. The van der Waals surface area contributed by atoms with Crippen LogP contribution in [0.4, 0.5) is 0 Å². The molecule has 92 valence electrons. The van der Waals surface area contributed by atoms with E-state index in [-0.39, 0.29) is 0 Å². The Hall–Kier alpha value is -2.26. The summed E-state index contributed by atoms with van der Waals surface area (Å²) in [4.78, 5) is 9.36. The first-order chi connectivity index (χ1) is 9.33. The molecule has 1 aliphatic carbocycles. The smallest absolute Gasteiger partial charge is 0.0930 e. The molecule has 1 heterocycles. The van der Waals surface area contributed by atoms with Gasteiger partial charge in [-0.3, -0.25) is 0 Å². The summed E-state index contributed by atoms with van der Waals surface area (Å²) in [5, 5.41) is 10.2. The standard InChI is InChI=1S/C16H12N2O/c19-15-9-14-16(11-6-2-1-5-10(11)15)18-13-8-4-3-7-12(13)17-14/h1-8,15,19H,9H2. The van der Waals surface area contributed by atoms with Gasteiger partial charge in [0.2, 0.25) is 0 Å². The molecule has 1 unspecified atom stereocenters. The molecule has 1 aromatic heterocycles. The van der Waals surface area contributed by atoms with Crippen LogP contribution in [0.15, 0.2) is 48.5 Å². The summed E-state index contributed by atoms with van der Waals surface area (Å²) in [6, 6.07) is 15.7. The maximum atomic E-state index is 10.2. The van der Waals surface area contributed by atoms with E-state index < -0.39 is 6.10 Å². The normalized spacial score (nSPS) is 17.0. The lowest BCUT2D eigenvalue weighted by Crippen LogP contribution is -2.13. The Morgan fingerprint density at radius 1 is 0.895 bits per heavy atom. The molecule has 0 radical (unpaired) electrons. The molecule has 2 aromatic carbocycles. The first kappa shape index (κ1) is 10.6. The van der Waals surface area contributed by atoms with Crippen LogP contribution >= 0.6 is 0 Å². The van der Waals surface area contributed by atoms with Crippen molar-refractivity contribution in [3.63, 3.8) is 0 Å². The molecular formula is C16H12N2O. The van der Waals surface area contributed by atoms with Gasteiger partial charge in [0, 0.05) is 12.0 Å². The summed E-state index contributed by atoms with van der Waals surface area (Å²) in [5.41, 5.74) is 5.50. The monoisotopic (exact) mass is 248 g/mol. The van der Waals surface area contributed by atoms with Crippen molar-refractivity contribution in [2.45, 2.75) is 12.5 Å². The van der Waals surface area contributed by atoms with E-state index in [1.54, 1.807) is 0 Å². The highest BCUT2D eigenvalue weighted by Gasteiger charge is 2.25. The predicted octanol–water partition coefficient (Wildman–Crippen LogP) is 2.89. The highest BCUT2D eigenvalue weighted by Crippen LogP contribution is 2.36. The zero-order valence-electron chi connectivity index (χ0n) is 10.2. The van der Waals surface area contributed by atoms with Gasteiger partial charge in [-0.1, -0.05) is 36.4 Å². The first-order valence-corrected chi connectivity index (χ1v) is 6.36. The van der Waals surface area contributed by atoms with E-state index in [2.05, 4.69) is 4.98 Å². The fourth-order valence-corrected chi connectivity index (χ4v) is 2.69. The van der Waals surface area contributed by atoms with Crippen LogP contribution in [0.2, 0.25) is 0 Å². The summed E-state index contributed by atoms with van der Waals surface area (Å²) in [6.07, 6.45) is 0.0450. The molecule has 0 spiro atoms. The van der Waals surface area contributed by atoms with Gasteiger partial charge in [0.1, 0.15) is 0 Å². The fourth-order valence-electron chi connectivity index (χ4n) is 2.69. The van der Waals surface area contributed by atoms with Crippen LogP contribution in [0, 0.1) is 0 Å². The van der Waals surface area contributed by atoms with Gasteiger partial charge in [-0.05, 0) is 17.7 Å². The number of hydrogen-bond donors (Lipinski definition) is 1. The van der Waals surface area contributed by atoms with Crippen LogP contribution in [0.25, 0.3) is 22.3 Å². The Morgan fingerprint density at radius 3 is 2.42 bits per heavy atom. The molecule has 3 nitrogen and oxygen atoms in total. The Balaban J connectivity index is 2.06. The van der Waals surface area contributed by atoms with E-state index in [1.807, 2.05) is 48.5 Å². The van der Waals surface area contributed by atoms with Gasteiger partial charge in [0.05, 0.1) is 28.5 Å². The largest absolute Gasteiger partial charge is 0.388 e. The molecule has 1 N–H and O–H groups in total. The molecule has 0 saturated carbocycles. The van der Waals surface area contributed by atoms with Crippen molar-refractivity contribution in [1.82, 2.24) is 9.97 Å². The van der Waals surface area contributed by atoms with Crippen LogP contribution in [0.5, 0.6) is 0 Å². The number of nitrogens with zero attached hydrogens (tertiary/aromatic N) is 2. The Kier molecular flexibility index (Phi) is 2.17. The van der Waals surface area contributed by atoms with Crippen molar-refractivity contribution < 1.29 is 5.11 Å². The van der Waals surface area contributed by atoms with Crippen LogP contribution < -0.4 is 0 Å². The fraction of sp³-hybridized carbons (Fsp3) is 0.125. The van der Waals surface area contributed by atoms with E-state index in [1.165, 1.54) is 0 Å². The average Bonchev–Trinajstić information content (AvgIpc) is 2.46. The summed E-state index contributed by atoms with van der Waals surface area (Å²) >= 11 is 0. The van der Waals surface area contributed by atoms with E-state index in [0.717, 1.165) is 33.5 Å².